The predicted octanol–water partition coefficient (Wildman–Crippen LogP) is 2.58. The third-order valence-corrected chi connectivity index (χ3v) is 5.74. The molecule has 1 aliphatic heterocycles. The lowest BCUT2D eigenvalue weighted by molar-refractivity contribution is -0.129. The first-order valence-electron chi connectivity index (χ1n) is 6.15. The second-order valence-corrected chi connectivity index (χ2v) is 7.31. The van der Waals surface area contributed by atoms with Gasteiger partial charge in [-0.1, -0.05) is 0 Å². The maximum absolute atomic E-state index is 12.2. The largest absolute Gasteiger partial charge is 0.323 e. The van der Waals surface area contributed by atoms with Gasteiger partial charge in [-0.15, -0.1) is 23.1 Å². The topological polar surface area (TPSA) is 23.6 Å². The lowest BCUT2D eigenvalue weighted by Gasteiger charge is -2.25. The van der Waals surface area contributed by atoms with Gasteiger partial charge in [-0.05, 0) is 45.0 Å². The Kier molecular flexibility index (Phi) is 4.35. The molecule has 18 heavy (non-hydrogen) atoms. The predicted molar refractivity (Wildman–Crippen MR) is 79.1 cm³/mol. The molecule has 2 atom stereocenters. The molecular formula is C13H20N2OS2. The van der Waals surface area contributed by atoms with Crippen LogP contribution in [-0.4, -0.2) is 48.1 Å². The highest BCUT2D eigenvalue weighted by molar-refractivity contribution is 8.01. The number of hydrogen-bond donors (Lipinski definition) is 0. The summed E-state index contributed by atoms with van der Waals surface area (Å²) in [5.41, 5.74) is 1.30. The van der Waals surface area contributed by atoms with Crippen LogP contribution in [0.15, 0.2) is 11.4 Å². The summed E-state index contributed by atoms with van der Waals surface area (Å²) in [5.74, 6) is 0.277. The lowest BCUT2D eigenvalue weighted by atomic mass is 10.2. The highest BCUT2D eigenvalue weighted by Gasteiger charge is 2.39. The summed E-state index contributed by atoms with van der Waals surface area (Å²) < 4.78 is 0. The minimum atomic E-state index is 0.0821. The molecule has 0 spiro atoms. The highest BCUT2D eigenvalue weighted by Crippen LogP contribution is 2.45. The van der Waals surface area contributed by atoms with Crippen molar-refractivity contribution in [3.63, 3.8) is 0 Å². The molecule has 1 saturated heterocycles. The molecule has 0 bridgehead atoms. The first-order chi connectivity index (χ1) is 8.50. The van der Waals surface area contributed by atoms with Gasteiger partial charge in [0.15, 0.2) is 0 Å². The number of carbonyl (C=O) groups is 1. The van der Waals surface area contributed by atoms with Crippen molar-refractivity contribution < 1.29 is 4.79 Å². The van der Waals surface area contributed by atoms with Gasteiger partial charge in [0.25, 0.3) is 0 Å². The van der Waals surface area contributed by atoms with Gasteiger partial charge in [0.1, 0.15) is 5.37 Å². The average Bonchev–Trinajstić information content (AvgIpc) is 2.83. The van der Waals surface area contributed by atoms with Crippen molar-refractivity contribution in [1.82, 2.24) is 9.80 Å². The summed E-state index contributed by atoms with van der Waals surface area (Å²) in [7, 11) is 4.09. The van der Waals surface area contributed by atoms with E-state index in [0.29, 0.717) is 0 Å². The second kappa shape index (κ2) is 5.63. The van der Waals surface area contributed by atoms with Crippen molar-refractivity contribution in [3.05, 3.63) is 21.9 Å². The minimum Gasteiger partial charge on any atom is -0.323 e. The fourth-order valence-electron chi connectivity index (χ4n) is 2.05. The van der Waals surface area contributed by atoms with Gasteiger partial charge in [0, 0.05) is 18.0 Å². The van der Waals surface area contributed by atoms with Crippen molar-refractivity contribution >= 4 is 29.0 Å². The first kappa shape index (κ1) is 13.9. The molecule has 100 valence electrons. The van der Waals surface area contributed by atoms with Crippen LogP contribution in [0, 0.1) is 6.92 Å². The fraction of sp³-hybridized carbons (Fsp3) is 0.615. The third kappa shape index (κ3) is 2.73. The molecule has 5 heteroatoms. The molecule has 2 rings (SSSR count). The normalized spacial score (nSPS) is 24.3. The molecule has 1 aliphatic rings. The minimum absolute atomic E-state index is 0.0821. The van der Waals surface area contributed by atoms with Crippen molar-refractivity contribution in [2.75, 3.05) is 27.2 Å². The number of rotatable bonds is 4. The van der Waals surface area contributed by atoms with Crippen molar-refractivity contribution in [2.45, 2.75) is 24.5 Å². The Morgan fingerprint density at radius 3 is 2.72 bits per heavy atom. The molecule has 2 unspecified atom stereocenters. The first-order valence-corrected chi connectivity index (χ1v) is 7.97. The molecule has 0 saturated carbocycles. The fourth-order valence-corrected chi connectivity index (χ4v) is 4.60. The van der Waals surface area contributed by atoms with Crippen LogP contribution < -0.4 is 0 Å². The van der Waals surface area contributed by atoms with E-state index in [2.05, 4.69) is 23.3 Å². The van der Waals surface area contributed by atoms with E-state index in [0.717, 1.165) is 13.1 Å². The van der Waals surface area contributed by atoms with Crippen molar-refractivity contribution in [3.8, 4) is 0 Å². The van der Waals surface area contributed by atoms with E-state index in [-0.39, 0.29) is 16.5 Å². The molecule has 2 heterocycles. The Morgan fingerprint density at radius 2 is 2.17 bits per heavy atom. The summed E-state index contributed by atoms with van der Waals surface area (Å²) in [4.78, 5) is 17.7. The maximum atomic E-state index is 12.2. The standard InChI is InChI=1S/C13H20N2OS2/c1-9-5-8-17-11(9)13-15(7-6-14(3)4)12(16)10(2)18-13/h5,8,10,13H,6-7H2,1-4H3. The number of likely N-dealkylation sites (N-methyl/N-ethyl adjacent to an activating group) is 1. The Bertz CT molecular complexity index is 430. The van der Waals surface area contributed by atoms with Gasteiger partial charge in [0.2, 0.25) is 5.91 Å². The summed E-state index contributed by atoms with van der Waals surface area (Å²) >= 11 is 3.53. The zero-order chi connectivity index (χ0) is 13.3. The van der Waals surface area contributed by atoms with E-state index in [1.54, 1.807) is 23.1 Å². The van der Waals surface area contributed by atoms with Gasteiger partial charge in [-0.2, -0.15) is 0 Å². The van der Waals surface area contributed by atoms with E-state index < -0.39 is 0 Å². The van der Waals surface area contributed by atoms with E-state index in [1.165, 1.54) is 10.4 Å². The average molecular weight is 284 g/mol. The number of aryl methyl sites for hydroxylation is 1. The van der Waals surface area contributed by atoms with Crippen LogP contribution in [0.5, 0.6) is 0 Å². The molecule has 0 aliphatic carbocycles. The van der Waals surface area contributed by atoms with Crippen LogP contribution >= 0.6 is 23.1 Å². The number of hydrogen-bond acceptors (Lipinski definition) is 4. The SMILES string of the molecule is Cc1ccsc1C1SC(C)C(=O)N1CCN(C)C. The van der Waals surface area contributed by atoms with Crippen LogP contribution in [0.4, 0.5) is 0 Å². The van der Waals surface area contributed by atoms with E-state index in [4.69, 9.17) is 0 Å². The van der Waals surface area contributed by atoms with Gasteiger partial charge >= 0.3 is 0 Å². The summed E-state index contributed by atoms with van der Waals surface area (Å²) in [6, 6.07) is 2.14. The zero-order valence-electron chi connectivity index (χ0n) is 11.3. The molecule has 0 aromatic carbocycles. The summed E-state index contributed by atoms with van der Waals surface area (Å²) in [6.07, 6.45) is 0. The van der Waals surface area contributed by atoms with Crippen LogP contribution in [-0.2, 0) is 4.79 Å². The number of carbonyl (C=O) groups excluding carboxylic acids is 1. The van der Waals surface area contributed by atoms with Crippen molar-refractivity contribution in [2.24, 2.45) is 0 Å². The maximum Gasteiger partial charge on any atom is 0.236 e. The smallest absolute Gasteiger partial charge is 0.236 e. The number of thiophene rings is 1. The molecule has 3 nitrogen and oxygen atoms in total. The van der Waals surface area contributed by atoms with Crippen LogP contribution in [0.2, 0.25) is 0 Å². The number of nitrogens with zero attached hydrogens (tertiary/aromatic N) is 2. The molecule has 0 N–H and O–H groups in total. The Morgan fingerprint density at radius 1 is 1.44 bits per heavy atom. The van der Waals surface area contributed by atoms with Crippen LogP contribution in [0.1, 0.15) is 22.7 Å². The van der Waals surface area contributed by atoms with E-state index in [1.807, 2.05) is 25.9 Å². The second-order valence-electron chi connectivity index (χ2n) is 4.93. The number of amides is 1. The Labute approximate surface area is 117 Å². The van der Waals surface area contributed by atoms with Crippen LogP contribution in [0.25, 0.3) is 0 Å². The summed E-state index contributed by atoms with van der Waals surface area (Å²) in [6.45, 7) is 5.87. The molecule has 1 amide bonds. The van der Waals surface area contributed by atoms with E-state index in [9.17, 15) is 4.79 Å². The molecule has 1 aromatic heterocycles. The molecule has 1 fully saturated rings. The molecular weight excluding hydrogens is 264 g/mol. The molecule has 1 aromatic rings. The zero-order valence-corrected chi connectivity index (χ0v) is 13.0. The summed E-state index contributed by atoms with van der Waals surface area (Å²) in [5, 5.41) is 2.41. The Hall–Kier alpha value is -0.520. The number of thioether (sulfide) groups is 1. The lowest BCUT2D eigenvalue weighted by Crippen LogP contribution is -2.35. The van der Waals surface area contributed by atoms with Gasteiger partial charge in [0.05, 0.1) is 5.25 Å². The van der Waals surface area contributed by atoms with Crippen LogP contribution in [0.3, 0.4) is 0 Å². The highest BCUT2D eigenvalue weighted by atomic mass is 32.2. The van der Waals surface area contributed by atoms with Gasteiger partial charge < -0.3 is 9.80 Å². The Balaban J connectivity index is 2.17. The van der Waals surface area contributed by atoms with Gasteiger partial charge in [-0.3, -0.25) is 4.79 Å². The molecule has 0 radical (unpaired) electrons. The third-order valence-electron chi connectivity index (χ3n) is 3.16. The van der Waals surface area contributed by atoms with Crippen molar-refractivity contribution in [1.29, 1.82) is 0 Å². The van der Waals surface area contributed by atoms with Gasteiger partial charge in [-0.25, -0.2) is 0 Å². The quantitative estimate of drug-likeness (QED) is 0.849. The van der Waals surface area contributed by atoms with E-state index >= 15 is 0 Å². The monoisotopic (exact) mass is 284 g/mol.